The van der Waals surface area contributed by atoms with Crippen molar-refractivity contribution >= 4 is 27.6 Å². The van der Waals surface area contributed by atoms with Crippen molar-refractivity contribution in [3.05, 3.63) is 10.8 Å². The van der Waals surface area contributed by atoms with Gasteiger partial charge in [0, 0.05) is 13.1 Å². The van der Waals surface area contributed by atoms with E-state index in [1.165, 1.54) is 0 Å². The van der Waals surface area contributed by atoms with Crippen molar-refractivity contribution in [1.29, 1.82) is 0 Å². The Morgan fingerprint density at radius 2 is 1.70 bits per heavy atom. The van der Waals surface area contributed by atoms with Crippen LogP contribution in [0.5, 0.6) is 0 Å². The maximum absolute atomic E-state index is 5.48. The third kappa shape index (κ3) is 5.25. The molecule has 0 aromatic carbocycles. The lowest BCUT2D eigenvalue weighted by atomic mass is 10.1. The van der Waals surface area contributed by atoms with Gasteiger partial charge >= 0.3 is 0 Å². The van der Waals surface area contributed by atoms with E-state index >= 15 is 0 Å². The van der Waals surface area contributed by atoms with E-state index in [0.29, 0.717) is 17.7 Å². The van der Waals surface area contributed by atoms with Crippen molar-refractivity contribution in [2.24, 2.45) is 17.7 Å². The summed E-state index contributed by atoms with van der Waals surface area (Å²) in [5.41, 5.74) is 2.60. The molecule has 0 fully saturated rings. The third-order valence-corrected chi connectivity index (χ3v) is 3.89. The highest BCUT2D eigenvalue weighted by atomic mass is 79.9. The molecule has 0 aliphatic rings. The van der Waals surface area contributed by atoms with Crippen LogP contribution in [0.25, 0.3) is 0 Å². The highest BCUT2D eigenvalue weighted by molar-refractivity contribution is 9.10. The second kappa shape index (κ2) is 8.42. The Morgan fingerprint density at radius 1 is 1.15 bits per heavy atom. The van der Waals surface area contributed by atoms with Gasteiger partial charge in [0.2, 0.25) is 0 Å². The number of halogens is 1. The molecule has 114 valence electrons. The van der Waals surface area contributed by atoms with E-state index in [4.69, 9.17) is 5.84 Å². The van der Waals surface area contributed by atoms with Gasteiger partial charge in [-0.2, -0.15) is 0 Å². The van der Waals surface area contributed by atoms with Crippen LogP contribution in [-0.4, -0.2) is 23.1 Å². The van der Waals surface area contributed by atoms with Crippen LogP contribution in [0.15, 0.2) is 10.8 Å². The first kappa shape index (κ1) is 17.2. The lowest BCUT2D eigenvalue weighted by Gasteiger charge is -2.26. The van der Waals surface area contributed by atoms with Crippen molar-refractivity contribution in [1.82, 2.24) is 9.97 Å². The van der Waals surface area contributed by atoms with Crippen LogP contribution in [-0.2, 0) is 0 Å². The maximum Gasteiger partial charge on any atom is 0.159 e. The zero-order valence-electron chi connectivity index (χ0n) is 12.9. The summed E-state index contributed by atoms with van der Waals surface area (Å²) in [7, 11) is 0. The fourth-order valence-corrected chi connectivity index (χ4v) is 2.40. The molecule has 0 radical (unpaired) electrons. The van der Waals surface area contributed by atoms with Gasteiger partial charge < -0.3 is 10.3 Å². The number of rotatable bonds is 8. The van der Waals surface area contributed by atoms with Gasteiger partial charge in [-0.15, -0.1) is 0 Å². The normalized spacial score (nSPS) is 11.2. The van der Waals surface area contributed by atoms with E-state index in [0.717, 1.165) is 36.2 Å². The number of hydrogen-bond donors (Lipinski definition) is 2. The highest BCUT2D eigenvalue weighted by Gasteiger charge is 2.16. The summed E-state index contributed by atoms with van der Waals surface area (Å²) in [6.45, 7) is 10.9. The van der Waals surface area contributed by atoms with E-state index < -0.39 is 0 Å². The van der Waals surface area contributed by atoms with Crippen molar-refractivity contribution in [2.45, 2.75) is 40.5 Å². The van der Waals surface area contributed by atoms with Crippen molar-refractivity contribution in [2.75, 3.05) is 23.4 Å². The molecule has 3 N–H and O–H groups in total. The molecule has 5 nitrogen and oxygen atoms in total. The zero-order valence-corrected chi connectivity index (χ0v) is 14.4. The molecule has 0 bridgehead atoms. The molecule has 0 saturated heterocycles. The van der Waals surface area contributed by atoms with E-state index in [2.05, 4.69) is 63.9 Å². The molecule has 0 aliphatic carbocycles. The summed E-state index contributed by atoms with van der Waals surface area (Å²) in [4.78, 5) is 10.8. The monoisotopic (exact) mass is 343 g/mol. The Morgan fingerprint density at radius 3 is 2.15 bits per heavy atom. The molecule has 1 aromatic heterocycles. The second-order valence-electron chi connectivity index (χ2n) is 5.86. The summed E-state index contributed by atoms with van der Waals surface area (Å²) in [6.07, 6.45) is 3.83. The standard InChI is InChI=1S/C14H26BrN5/c1-10(2)5-7-20(8-6-11(3)4)14-12(15)13(19-16)17-9-18-14/h9-11H,5-8,16H2,1-4H3,(H,17,18,19). The number of nitrogens with one attached hydrogen (secondary N) is 1. The Balaban J connectivity index is 2.90. The molecule has 0 spiro atoms. The van der Waals surface area contributed by atoms with E-state index in [1.807, 2.05) is 0 Å². The van der Waals surface area contributed by atoms with Crippen molar-refractivity contribution < 1.29 is 0 Å². The number of hydrazine groups is 1. The number of hydrogen-bond acceptors (Lipinski definition) is 5. The first-order valence-corrected chi connectivity index (χ1v) is 7.97. The van der Waals surface area contributed by atoms with Gasteiger partial charge in [0.05, 0.1) is 0 Å². The number of nitrogens with zero attached hydrogens (tertiary/aromatic N) is 3. The lowest BCUT2D eigenvalue weighted by Crippen LogP contribution is -2.29. The molecule has 6 heteroatoms. The van der Waals surface area contributed by atoms with Crippen LogP contribution >= 0.6 is 15.9 Å². The minimum atomic E-state index is 0.620. The minimum Gasteiger partial charge on any atom is -0.355 e. The fraction of sp³-hybridized carbons (Fsp3) is 0.714. The zero-order chi connectivity index (χ0) is 15.1. The number of nitrogens with two attached hydrogens (primary N) is 1. The second-order valence-corrected chi connectivity index (χ2v) is 6.65. The topological polar surface area (TPSA) is 67.1 Å². The van der Waals surface area contributed by atoms with Crippen molar-refractivity contribution in [3.63, 3.8) is 0 Å². The lowest BCUT2D eigenvalue weighted by molar-refractivity contribution is 0.532. The van der Waals surface area contributed by atoms with Gasteiger partial charge in [0.25, 0.3) is 0 Å². The molecular weight excluding hydrogens is 318 g/mol. The highest BCUT2D eigenvalue weighted by Crippen LogP contribution is 2.29. The molecule has 0 saturated carbocycles. The third-order valence-electron chi connectivity index (χ3n) is 3.16. The van der Waals surface area contributed by atoms with Gasteiger partial charge in [-0.1, -0.05) is 27.7 Å². The first-order chi connectivity index (χ1) is 9.45. The molecular formula is C14H26BrN5. The average Bonchev–Trinajstić information content (AvgIpc) is 2.39. The molecule has 0 aliphatic heterocycles. The van der Waals surface area contributed by atoms with Gasteiger partial charge in [-0.25, -0.2) is 15.8 Å². The summed E-state index contributed by atoms with van der Waals surface area (Å²) < 4.78 is 0.829. The molecule has 0 unspecified atom stereocenters. The average molecular weight is 344 g/mol. The smallest absolute Gasteiger partial charge is 0.159 e. The van der Waals surface area contributed by atoms with E-state index in [1.54, 1.807) is 6.33 Å². The summed E-state index contributed by atoms with van der Waals surface area (Å²) >= 11 is 3.55. The molecule has 0 atom stereocenters. The number of aromatic nitrogens is 2. The summed E-state index contributed by atoms with van der Waals surface area (Å²) in [5.74, 6) is 8.35. The summed E-state index contributed by atoms with van der Waals surface area (Å²) in [6, 6.07) is 0. The number of anilines is 2. The Hall–Kier alpha value is -0.880. The molecule has 1 heterocycles. The minimum absolute atomic E-state index is 0.620. The predicted octanol–water partition coefficient (Wildman–Crippen LogP) is 3.42. The van der Waals surface area contributed by atoms with Crippen molar-refractivity contribution in [3.8, 4) is 0 Å². The molecule has 1 aromatic rings. The fourth-order valence-electron chi connectivity index (χ4n) is 1.83. The van der Waals surface area contributed by atoms with Gasteiger partial charge in [-0.05, 0) is 40.6 Å². The maximum atomic E-state index is 5.48. The van der Waals surface area contributed by atoms with Gasteiger partial charge in [-0.3, -0.25) is 0 Å². The van der Waals surface area contributed by atoms with Crippen LogP contribution in [0.1, 0.15) is 40.5 Å². The van der Waals surface area contributed by atoms with Gasteiger partial charge in [0.1, 0.15) is 16.6 Å². The molecule has 20 heavy (non-hydrogen) atoms. The SMILES string of the molecule is CC(C)CCN(CCC(C)C)c1ncnc(NN)c1Br. The van der Waals surface area contributed by atoms with Crippen LogP contribution in [0.2, 0.25) is 0 Å². The van der Waals surface area contributed by atoms with E-state index in [9.17, 15) is 0 Å². The van der Waals surface area contributed by atoms with Crippen LogP contribution < -0.4 is 16.2 Å². The summed E-state index contributed by atoms with van der Waals surface area (Å²) in [5, 5.41) is 0. The Labute approximate surface area is 130 Å². The quantitative estimate of drug-likeness (QED) is 0.559. The van der Waals surface area contributed by atoms with Crippen LogP contribution in [0.4, 0.5) is 11.6 Å². The van der Waals surface area contributed by atoms with Crippen LogP contribution in [0, 0.1) is 11.8 Å². The predicted molar refractivity (Wildman–Crippen MR) is 88.7 cm³/mol. The Bertz CT molecular complexity index is 397. The molecule has 1 rings (SSSR count). The first-order valence-electron chi connectivity index (χ1n) is 7.17. The van der Waals surface area contributed by atoms with Crippen LogP contribution in [0.3, 0.4) is 0 Å². The van der Waals surface area contributed by atoms with Gasteiger partial charge in [0.15, 0.2) is 5.82 Å². The Kier molecular flexibility index (Phi) is 7.23. The molecule has 0 amide bonds. The van der Waals surface area contributed by atoms with E-state index in [-0.39, 0.29) is 0 Å². The number of nitrogen functional groups attached to an aromatic ring is 1. The largest absolute Gasteiger partial charge is 0.355 e.